The first-order chi connectivity index (χ1) is 9.98. The molecule has 0 spiro atoms. The van der Waals surface area contributed by atoms with Crippen molar-refractivity contribution in [2.45, 2.75) is 12.8 Å². The lowest BCUT2D eigenvalue weighted by atomic mass is 9.78. The highest BCUT2D eigenvalue weighted by atomic mass is 35.5. The number of hydrogen-bond acceptors (Lipinski definition) is 4. The van der Waals surface area contributed by atoms with Gasteiger partial charge in [0.1, 0.15) is 11.2 Å². The van der Waals surface area contributed by atoms with Crippen molar-refractivity contribution in [1.29, 1.82) is 0 Å². The molecule has 1 aliphatic rings. The van der Waals surface area contributed by atoms with Gasteiger partial charge in [-0.3, -0.25) is 4.79 Å². The Hall–Kier alpha value is -1.86. The standard InChI is InChI=1S/C13H15ClFN3O3/c14-8-5-9(15)7-10(6-8)17-12(19)13(11(16)18-20)1-3-21-4-2-13/h5-7,20H,1-4H2,(H2,16,18)(H,17,19). The van der Waals surface area contributed by atoms with Crippen LogP contribution in [0, 0.1) is 11.2 Å². The van der Waals surface area contributed by atoms with Crippen molar-refractivity contribution in [3.05, 3.63) is 29.0 Å². The van der Waals surface area contributed by atoms with Gasteiger partial charge >= 0.3 is 0 Å². The zero-order chi connectivity index (χ0) is 15.5. The number of carbonyl (C=O) groups is 1. The van der Waals surface area contributed by atoms with Crippen LogP contribution in [0.2, 0.25) is 5.02 Å². The summed E-state index contributed by atoms with van der Waals surface area (Å²) >= 11 is 5.74. The Bertz CT molecular complexity index is 554. The van der Waals surface area contributed by atoms with Gasteiger partial charge in [-0.05, 0) is 31.0 Å². The summed E-state index contributed by atoms with van der Waals surface area (Å²) in [5.41, 5.74) is 4.72. The van der Waals surface area contributed by atoms with E-state index < -0.39 is 17.1 Å². The van der Waals surface area contributed by atoms with E-state index in [1.165, 1.54) is 6.07 Å². The molecule has 1 saturated heterocycles. The summed E-state index contributed by atoms with van der Waals surface area (Å²) in [6.45, 7) is 0.626. The number of nitrogens with two attached hydrogens (primary N) is 1. The third-order valence-corrected chi connectivity index (χ3v) is 3.72. The molecule has 0 unspecified atom stereocenters. The molecule has 0 bridgehead atoms. The van der Waals surface area contributed by atoms with Crippen LogP contribution < -0.4 is 11.1 Å². The Labute approximate surface area is 125 Å². The van der Waals surface area contributed by atoms with Crippen LogP contribution in [-0.2, 0) is 9.53 Å². The van der Waals surface area contributed by atoms with Crippen molar-refractivity contribution in [1.82, 2.24) is 0 Å². The summed E-state index contributed by atoms with van der Waals surface area (Å²) in [6.07, 6.45) is 0.551. The Morgan fingerprint density at radius 2 is 2.10 bits per heavy atom. The van der Waals surface area contributed by atoms with Crippen molar-refractivity contribution in [3.8, 4) is 0 Å². The van der Waals surface area contributed by atoms with E-state index in [-0.39, 0.29) is 29.4 Å². The summed E-state index contributed by atoms with van der Waals surface area (Å²) in [7, 11) is 0. The average molecular weight is 316 g/mol. The maximum absolute atomic E-state index is 13.3. The van der Waals surface area contributed by atoms with Crippen LogP contribution in [0.15, 0.2) is 23.4 Å². The van der Waals surface area contributed by atoms with Crippen LogP contribution in [0.3, 0.4) is 0 Å². The second-order valence-electron chi connectivity index (χ2n) is 4.79. The fraction of sp³-hybridized carbons (Fsp3) is 0.385. The van der Waals surface area contributed by atoms with Crippen LogP contribution in [0.4, 0.5) is 10.1 Å². The molecule has 6 nitrogen and oxygen atoms in total. The third-order valence-electron chi connectivity index (χ3n) is 3.50. The van der Waals surface area contributed by atoms with E-state index >= 15 is 0 Å². The van der Waals surface area contributed by atoms with E-state index in [1.807, 2.05) is 0 Å². The quantitative estimate of drug-likeness (QED) is 0.344. The molecule has 1 fully saturated rings. The minimum atomic E-state index is -1.17. The zero-order valence-corrected chi connectivity index (χ0v) is 11.9. The number of anilines is 1. The average Bonchev–Trinajstić information content (AvgIpc) is 2.46. The van der Waals surface area contributed by atoms with Crippen molar-refractivity contribution in [2.75, 3.05) is 18.5 Å². The normalized spacial score (nSPS) is 18.3. The molecule has 1 aliphatic heterocycles. The van der Waals surface area contributed by atoms with E-state index in [0.29, 0.717) is 13.2 Å². The lowest BCUT2D eigenvalue weighted by Gasteiger charge is -2.34. The smallest absolute Gasteiger partial charge is 0.238 e. The SMILES string of the molecule is N/C(=N/O)C1(C(=O)Nc2cc(F)cc(Cl)c2)CCOCC1. The Morgan fingerprint density at radius 3 is 2.67 bits per heavy atom. The van der Waals surface area contributed by atoms with Crippen molar-refractivity contribution in [3.63, 3.8) is 0 Å². The van der Waals surface area contributed by atoms with E-state index in [1.54, 1.807) is 0 Å². The van der Waals surface area contributed by atoms with E-state index in [2.05, 4.69) is 10.5 Å². The van der Waals surface area contributed by atoms with Crippen LogP contribution in [-0.4, -0.2) is 30.2 Å². The van der Waals surface area contributed by atoms with Gasteiger partial charge < -0.3 is 21.0 Å². The topological polar surface area (TPSA) is 96.9 Å². The number of benzene rings is 1. The van der Waals surface area contributed by atoms with Gasteiger partial charge in [0.15, 0.2) is 5.84 Å². The number of ether oxygens (including phenoxy) is 1. The van der Waals surface area contributed by atoms with Gasteiger partial charge in [0.05, 0.1) is 0 Å². The Kier molecular flexibility index (Phi) is 4.64. The molecule has 0 atom stereocenters. The molecule has 1 heterocycles. The van der Waals surface area contributed by atoms with Crippen molar-refractivity contribution >= 4 is 29.0 Å². The molecule has 0 aliphatic carbocycles. The lowest BCUT2D eigenvalue weighted by Crippen LogP contribution is -2.50. The molecule has 114 valence electrons. The molecule has 21 heavy (non-hydrogen) atoms. The number of amidine groups is 1. The van der Waals surface area contributed by atoms with E-state index in [9.17, 15) is 9.18 Å². The molecule has 8 heteroatoms. The predicted molar refractivity (Wildman–Crippen MR) is 75.9 cm³/mol. The second kappa shape index (κ2) is 6.28. The first-order valence-corrected chi connectivity index (χ1v) is 6.69. The molecule has 1 amide bonds. The highest BCUT2D eigenvalue weighted by Crippen LogP contribution is 2.33. The summed E-state index contributed by atoms with van der Waals surface area (Å²) in [4.78, 5) is 12.5. The number of nitrogens with zero attached hydrogens (tertiary/aromatic N) is 1. The van der Waals surface area contributed by atoms with Crippen LogP contribution in [0.1, 0.15) is 12.8 Å². The zero-order valence-electron chi connectivity index (χ0n) is 11.1. The monoisotopic (exact) mass is 315 g/mol. The molecule has 0 radical (unpaired) electrons. The molecule has 1 aromatic carbocycles. The minimum absolute atomic E-state index is 0.162. The summed E-state index contributed by atoms with van der Waals surface area (Å²) in [5.74, 6) is -1.24. The van der Waals surface area contributed by atoms with Gasteiger partial charge in [0.25, 0.3) is 0 Å². The van der Waals surface area contributed by atoms with Crippen LogP contribution >= 0.6 is 11.6 Å². The van der Waals surface area contributed by atoms with E-state index in [0.717, 1.165) is 12.1 Å². The lowest BCUT2D eigenvalue weighted by molar-refractivity contribution is -0.126. The van der Waals surface area contributed by atoms with Gasteiger partial charge in [-0.1, -0.05) is 16.8 Å². The van der Waals surface area contributed by atoms with Gasteiger partial charge in [-0.2, -0.15) is 0 Å². The molecular formula is C13H15ClFN3O3. The molecule has 0 aromatic heterocycles. The summed E-state index contributed by atoms with van der Waals surface area (Å²) in [6, 6.07) is 3.69. The molecular weight excluding hydrogens is 301 g/mol. The maximum Gasteiger partial charge on any atom is 0.238 e. The fourth-order valence-corrected chi connectivity index (χ4v) is 2.51. The number of halogens is 2. The largest absolute Gasteiger partial charge is 0.409 e. The van der Waals surface area contributed by atoms with Crippen LogP contribution in [0.5, 0.6) is 0 Å². The number of nitrogens with one attached hydrogen (secondary N) is 1. The highest BCUT2D eigenvalue weighted by molar-refractivity contribution is 6.31. The Balaban J connectivity index is 2.26. The first-order valence-electron chi connectivity index (χ1n) is 6.31. The van der Waals surface area contributed by atoms with Gasteiger partial charge in [0, 0.05) is 23.9 Å². The predicted octanol–water partition coefficient (Wildman–Crippen LogP) is 1.96. The Morgan fingerprint density at radius 1 is 1.43 bits per heavy atom. The molecule has 1 aromatic rings. The molecule has 2 rings (SSSR count). The van der Waals surface area contributed by atoms with Crippen molar-refractivity contribution in [2.24, 2.45) is 16.3 Å². The van der Waals surface area contributed by atoms with E-state index in [4.69, 9.17) is 27.3 Å². The number of oxime groups is 1. The number of hydrogen-bond donors (Lipinski definition) is 3. The number of carbonyl (C=O) groups excluding carboxylic acids is 1. The van der Waals surface area contributed by atoms with Gasteiger partial charge in [-0.15, -0.1) is 0 Å². The molecule has 4 N–H and O–H groups in total. The number of amides is 1. The third kappa shape index (κ3) is 3.25. The summed E-state index contributed by atoms with van der Waals surface area (Å²) < 4.78 is 18.5. The highest BCUT2D eigenvalue weighted by Gasteiger charge is 2.44. The summed E-state index contributed by atoms with van der Waals surface area (Å²) in [5, 5.41) is 14.6. The maximum atomic E-state index is 13.3. The first kappa shape index (κ1) is 15.5. The molecule has 0 saturated carbocycles. The number of rotatable bonds is 3. The van der Waals surface area contributed by atoms with Crippen molar-refractivity contribution < 1.29 is 19.1 Å². The van der Waals surface area contributed by atoms with Crippen LogP contribution in [0.25, 0.3) is 0 Å². The minimum Gasteiger partial charge on any atom is -0.409 e. The fourth-order valence-electron chi connectivity index (χ4n) is 2.29. The second-order valence-corrected chi connectivity index (χ2v) is 5.23. The van der Waals surface area contributed by atoms with Gasteiger partial charge in [-0.25, -0.2) is 4.39 Å². The van der Waals surface area contributed by atoms with Gasteiger partial charge in [0.2, 0.25) is 5.91 Å².